The largest absolute Gasteiger partial charge is 0.434 e. The molecule has 0 spiro atoms. The van der Waals surface area contributed by atoms with Gasteiger partial charge in [0.05, 0.1) is 5.69 Å². The molecule has 0 aliphatic rings. The zero-order valence-electron chi connectivity index (χ0n) is 9.15. The van der Waals surface area contributed by atoms with Gasteiger partial charge in [-0.25, -0.2) is 4.98 Å². The number of anilines is 1. The van der Waals surface area contributed by atoms with Crippen molar-refractivity contribution < 1.29 is 4.42 Å². The Kier molecular flexibility index (Phi) is 2.76. The molecule has 0 saturated carbocycles. The van der Waals surface area contributed by atoms with Gasteiger partial charge in [0.2, 0.25) is 5.89 Å². The molecule has 3 aromatic rings. The van der Waals surface area contributed by atoms with Crippen LogP contribution in [0.1, 0.15) is 0 Å². The van der Waals surface area contributed by atoms with Crippen LogP contribution in [0.4, 0.5) is 5.69 Å². The quantitative estimate of drug-likeness (QED) is 0.671. The van der Waals surface area contributed by atoms with Crippen molar-refractivity contribution in [1.82, 2.24) is 4.98 Å². The molecule has 1 heterocycles. The summed E-state index contributed by atoms with van der Waals surface area (Å²) in [6.45, 7) is 0. The summed E-state index contributed by atoms with van der Waals surface area (Å²) in [7, 11) is 0. The van der Waals surface area contributed by atoms with Crippen LogP contribution >= 0.6 is 27.5 Å². The first-order valence-electron chi connectivity index (χ1n) is 5.25. The van der Waals surface area contributed by atoms with E-state index in [0.717, 1.165) is 15.6 Å². The molecule has 2 aromatic carbocycles. The van der Waals surface area contributed by atoms with E-state index < -0.39 is 0 Å². The third-order valence-corrected chi connectivity index (χ3v) is 3.28. The molecule has 18 heavy (non-hydrogen) atoms. The molecule has 0 fully saturated rings. The second-order valence-electron chi connectivity index (χ2n) is 3.87. The first kappa shape index (κ1) is 11.6. The number of nitrogens with zero attached hydrogens (tertiary/aromatic N) is 1. The van der Waals surface area contributed by atoms with Crippen LogP contribution in [0.25, 0.3) is 22.6 Å². The van der Waals surface area contributed by atoms with Gasteiger partial charge in [-0.2, -0.15) is 0 Å². The van der Waals surface area contributed by atoms with Crippen LogP contribution in [0.15, 0.2) is 45.3 Å². The van der Waals surface area contributed by atoms with E-state index in [1.54, 1.807) is 18.2 Å². The van der Waals surface area contributed by atoms with Crippen LogP contribution in [-0.4, -0.2) is 4.98 Å². The molecule has 0 bridgehead atoms. The third kappa shape index (κ3) is 1.98. The minimum atomic E-state index is 0.534. The molecule has 90 valence electrons. The maximum Gasteiger partial charge on any atom is 0.227 e. The van der Waals surface area contributed by atoms with Gasteiger partial charge < -0.3 is 10.2 Å². The summed E-state index contributed by atoms with van der Waals surface area (Å²) < 4.78 is 6.56. The second kappa shape index (κ2) is 4.30. The van der Waals surface area contributed by atoms with Gasteiger partial charge in [-0.05, 0) is 36.4 Å². The predicted molar refractivity (Wildman–Crippen MR) is 76.6 cm³/mol. The Morgan fingerprint density at radius 2 is 1.89 bits per heavy atom. The van der Waals surface area contributed by atoms with Crippen molar-refractivity contribution in [2.45, 2.75) is 0 Å². The van der Waals surface area contributed by atoms with Crippen LogP contribution in [0.5, 0.6) is 0 Å². The Hall–Kier alpha value is -1.52. The number of aromatic nitrogens is 1. The van der Waals surface area contributed by atoms with E-state index in [-0.39, 0.29) is 0 Å². The van der Waals surface area contributed by atoms with Crippen LogP contribution < -0.4 is 5.73 Å². The molecular formula is C13H8BrClN2O. The summed E-state index contributed by atoms with van der Waals surface area (Å²) in [5.74, 6) is 0.534. The molecule has 3 nitrogen and oxygen atoms in total. The van der Waals surface area contributed by atoms with Gasteiger partial charge in [0.25, 0.3) is 0 Å². The minimum Gasteiger partial charge on any atom is -0.434 e. The van der Waals surface area contributed by atoms with Crippen molar-refractivity contribution >= 4 is 44.3 Å². The molecule has 0 aliphatic heterocycles. The molecule has 2 N–H and O–H groups in total. The average Bonchev–Trinajstić information content (AvgIpc) is 2.74. The van der Waals surface area contributed by atoms with E-state index in [0.29, 0.717) is 22.2 Å². The molecule has 0 radical (unpaired) electrons. The van der Waals surface area contributed by atoms with Crippen molar-refractivity contribution in [3.8, 4) is 11.5 Å². The van der Waals surface area contributed by atoms with Crippen LogP contribution in [0.3, 0.4) is 0 Å². The first-order chi connectivity index (χ1) is 8.63. The van der Waals surface area contributed by atoms with Crippen molar-refractivity contribution in [3.63, 3.8) is 0 Å². The molecule has 1 aromatic heterocycles. The molecular weight excluding hydrogens is 316 g/mol. The standard InChI is InChI=1S/C13H8BrClN2O/c14-8-5-10(16)12-11(6-8)17-13(18-12)7-1-3-9(15)4-2-7/h1-6H,16H2. The Balaban J connectivity index is 2.19. The number of nitrogens with two attached hydrogens (primary N) is 1. The highest BCUT2D eigenvalue weighted by Crippen LogP contribution is 2.30. The highest BCUT2D eigenvalue weighted by Gasteiger charge is 2.11. The molecule has 0 aliphatic carbocycles. The summed E-state index contributed by atoms with van der Waals surface area (Å²) >= 11 is 9.23. The minimum absolute atomic E-state index is 0.534. The smallest absolute Gasteiger partial charge is 0.227 e. The zero-order valence-corrected chi connectivity index (χ0v) is 11.5. The number of fused-ring (bicyclic) bond motifs is 1. The molecule has 5 heteroatoms. The molecule has 0 amide bonds. The van der Waals surface area contributed by atoms with Gasteiger partial charge in [-0.1, -0.05) is 27.5 Å². The Bertz CT molecular complexity index is 722. The van der Waals surface area contributed by atoms with Gasteiger partial charge in [0.15, 0.2) is 5.58 Å². The maximum atomic E-state index is 5.89. The fourth-order valence-corrected chi connectivity index (χ4v) is 2.33. The summed E-state index contributed by atoms with van der Waals surface area (Å²) in [6, 6.07) is 11.0. The fourth-order valence-electron chi connectivity index (χ4n) is 1.74. The van der Waals surface area contributed by atoms with E-state index >= 15 is 0 Å². The lowest BCUT2D eigenvalue weighted by Gasteiger charge is -1.95. The van der Waals surface area contributed by atoms with Crippen LogP contribution in [-0.2, 0) is 0 Å². The average molecular weight is 324 g/mol. The SMILES string of the molecule is Nc1cc(Br)cc2nc(-c3ccc(Cl)cc3)oc12. The highest BCUT2D eigenvalue weighted by molar-refractivity contribution is 9.10. The number of rotatable bonds is 1. The van der Waals surface area contributed by atoms with Gasteiger partial charge in [-0.15, -0.1) is 0 Å². The summed E-state index contributed by atoms with van der Waals surface area (Å²) in [5, 5.41) is 0.678. The molecule has 0 saturated heterocycles. The number of hydrogen-bond acceptors (Lipinski definition) is 3. The van der Waals surface area contributed by atoms with Gasteiger partial charge in [0, 0.05) is 15.1 Å². The van der Waals surface area contributed by atoms with E-state index in [4.69, 9.17) is 21.8 Å². The van der Waals surface area contributed by atoms with E-state index in [1.807, 2.05) is 18.2 Å². The number of nitrogen functional groups attached to an aromatic ring is 1. The molecule has 0 unspecified atom stereocenters. The fraction of sp³-hybridized carbons (Fsp3) is 0. The predicted octanol–water partition coefficient (Wildman–Crippen LogP) is 4.49. The lowest BCUT2D eigenvalue weighted by molar-refractivity contribution is 0.621. The van der Waals surface area contributed by atoms with Gasteiger partial charge in [0.1, 0.15) is 5.52 Å². The Morgan fingerprint density at radius 3 is 2.61 bits per heavy atom. The van der Waals surface area contributed by atoms with Gasteiger partial charge >= 0.3 is 0 Å². The number of hydrogen-bond donors (Lipinski definition) is 1. The van der Waals surface area contributed by atoms with E-state index in [9.17, 15) is 0 Å². The summed E-state index contributed by atoms with van der Waals surface area (Å²) in [5.41, 5.74) is 8.65. The van der Waals surface area contributed by atoms with E-state index in [2.05, 4.69) is 20.9 Å². The van der Waals surface area contributed by atoms with Crippen LogP contribution in [0, 0.1) is 0 Å². The van der Waals surface area contributed by atoms with Crippen molar-refractivity contribution in [1.29, 1.82) is 0 Å². The normalized spacial score (nSPS) is 11.0. The number of benzene rings is 2. The first-order valence-corrected chi connectivity index (χ1v) is 6.42. The number of oxazole rings is 1. The summed E-state index contributed by atoms with van der Waals surface area (Å²) in [4.78, 5) is 4.41. The maximum absolute atomic E-state index is 5.89. The number of halogens is 2. The Morgan fingerprint density at radius 1 is 1.17 bits per heavy atom. The van der Waals surface area contributed by atoms with Crippen molar-refractivity contribution in [3.05, 3.63) is 45.9 Å². The molecule has 0 atom stereocenters. The second-order valence-corrected chi connectivity index (χ2v) is 5.22. The van der Waals surface area contributed by atoms with Gasteiger partial charge in [-0.3, -0.25) is 0 Å². The lowest BCUT2D eigenvalue weighted by atomic mass is 10.2. The van der Waals surface area contributed by atoms with Crippen molar-refractivity contribution in [2.24, 2.45) is 0 Å². The lowest BCUT2D eigenvalue weighted by Crippen LogP contribution is -1.84. The monoisotopic (exact) mass is 322 g/mol. The topological polar surface area (TPSA) is 52.0 Å². The highest BCUT2D eigenvalue weighted by atomic mass is 79.9. The zero-order chi connectivity index (χ0) is 12.7. The third-order valence-electron chi connectivity index (χ3n) is 2.57. The van der Waals surface area contributed by atoms with Crippen molar-refractivity contribution in [2.75, 3.05) is 5.73 Å². The van der Waals surface area contributed by atoms with Crippen LogP contribution in [0.2, 0.25) is 5.02 Å². The Labute approximate surface area is 117 Å². The summed E-state index contributed by atoms with van der Waals surface area (Å²) in [6.07, 6.45) is 0. The molecule has 3 rings (SSSR count). The van der Waals surface area contributed by atoms with E-state index in [1.165, 1.54) is 0 Å².